The summed E-state index contributed by atoms with van der Waals surface area (Å²) in [5, 5.41) is 3.40. The molecule has 246 valence electrons. The molecular weight excluding hydrogens is 628 g/mol. The first-order chi connectivity index (χ1) is 23.5. The lowest BCUT2D eigenvalue weighted by molar-refractivity contribution is -0.209. The Balaban J connectivity index is 1.40. The van der Waals surface area contributed by atoms with Gasteiger partial charge in [-0.15, -0.1) is 6.58 Å². The second-order valence-electron chi connectivity index (χ2n) is 11.6. The quantitative estimate of drug-likeness (QED) is 0.145. The van der Waals surface area contributed by atoms with Crippen LogP contribution in [-0.2, 0) is 45.4 Å². The highest BCUT2D eigenvalue weighted by molar-refractivity contribution is 6.30. The van der Waals surface area contributed by atoms with Crippen molar-refractivity contribution >= 4 is 17.5 Å². The molecule has 4 aromatic carbocycles. The fourth-order valence-electron chi connectivity index (χ4n) is 5.94. The minimum absolute atomic E-state index is 0.156. The van der Waals surface area contributed by atoms with Crippen LogP contribution in [0, 0.1) is 0 Å². The van der Waals surface area contributed by atoms with E-state index in [4.69, 9.17) is 25.8 Å². The first-order valence-corrected chi connectivity index (χ1v) is 16.2. The van der Waals surface area contributed by atoms with Crippen LogP contribution in [0.5, 0.6) is 0 Å². The number of hydrogen-bond donors (Lipinski definition) is 1. The van der Waals surface area contributed by atoms with E-state index in [-0.39, 0.29) is 38.8 Å². The lowest BCUT2D eigenvalue weighted by atomic mass is 9.91. The van der Waals surface area contributed by atoms with E-state index in [9.17, 15) is 9.59 Å². The number of carbonyl (C=O) groups is 1. The number of amides is 1. The smallest absolute Gasteiger partial charge is 0.361 e. The van der Waals surface area contributed by atoms with Gasteiger partial charge in [-0.3, -0.25) is 9.48 Å². The molecule has 1 aromatic heterocycles. The highest BCUT2D eigenvalue weighted by Gasteiger charge is 2.51. The average Bonchev–Trinajstić information content (AvgIpc) is 3.49. The summed E-state index contributed by atoms with van der Waals surface area (Å²) in [5.41, 5.74) is 3.01. The number of likely N-dealkylation sites (tertiary alicyclic amines) is 1. The Morgan fingerprint density at radius 2 is 1.25 bits per heavy atom. The number of halogens is 1. The molecule has 48 heavy (non-hydrogen) atoms. The molecule has 1 aliphatic rings. The van der Waals surface area contributed by atoms with E-state index in [1.165, 1.54) is 0 Å². The van der Waals surface area contributed by atoms with Crippen molar-refractivity contribution in [2.75, 3.05) is 6.54 Å². The number of ether oxygens (including phenoxy) is 3. The number of H-pyrrole nitrogens is 1. The first kappa shape index (κ1) is 33.1. The van der Waals surface area contributed by atoms with Crippen molar-refractivity contribution in [2.24, 2.45) is 0 Å². The number of aromatic amines is 1. The van der Waals surface area contributed by atoms with Crippen molar-refractivity contribution in [3.8, 4) is 11.4 Å². The van der Waals surface area contributed by atoms with Crippen molar-refractivity contribution < 1.29 is 19.0 Å². The second kappa shape index (κ2) is 15.9. The van der Waals surface area contributed by atoms with Crippen LogP contribution in [0.1, 0.15) is 16.7 Å². The fraction of sp³-hybridized carbons (Fsp3) is 0.237. The van der Waals surface area contributed by atoms with Crippen LogP contribution in [0.4, 0.5) is 0 Å². The molecule has 9 nitrogen and oxygen atoms in total. The minimum Gasteiger partial charge on any atom is -0.368 e. The van der Waals surface area contributed by atoms with Gasteiger partial charge in [-0.05, 0) is 41.0 Å². The molecule has 0 aliphatic carbocycles. The summed E-state index contributed by atoms with van der Waals surface area (Å²) in [6.45, 7) is 5.03. The first-order valence-electron chi connectivity index (χ1n) is 15.8. The third kappa shape index (κ3) is 8.00. The molecule has 4 atom stereocenters. The Morgan fingerprint density at radius 3 is 1.79 bits per heavy atom. The fourth-order valence-corrected chi connectivity index (χ4v) is 6.07. The molecule has 6 rings (SSSR count). The van der Waals surface area contributed by atoms with Crippen molar-refractivity contribution in [1.82, 2.24) is 19.7 Å². The highest BCUT2D eigenvalue weighted by Crippen LogP contribution is 2.31. The van der Waals surface area contributed by atoms with Gasteiger partial charge in [0, 0.05) is 17.1 Å². The van der Waals surface area contributed by atoms with Gasteiger partial charge in [0.05, 0.1) is 32.4 Å². The van der Waals surface area contributed by atoms with Gasteiger partial charge in [-0.25, -0.2) is 9.89 Å². The number of rotatable bonds is 14. The van der Waals surface area contributed by atoms with Gasteiger partial charge in [0.1, 0.15) is 12.2 Å². The number of aromatic nitrogens is 3. The van der Waals surface area contributed by atoms with E-state index in [2.05, 4.69) is 16.7 Å². The summed E-state index contributed by atoms with van der Waals surface area (Å²) < 4.78 is 21.5. The molecule has 0 saturated carbocycles. The van der Waals surface area contributed by atoms with Crippen molar-refractivity contribution in [1.29, 1.82) is 0 Å². The number of benzene rings is 4. The largest absolute Gasteiger partial charge is 0.368 e. The average molecular weight is 665 g/mol. The zero-order valence-electron chi connectivity index (χ0n) is 26.4. The topological polar surface area (TPSA) is 98.7 Å². The Morgan fingerprint density at radius 1 is 0.729 bits per heavy atom. The maximum Gasteiger partial charge on any atom is 0.361 e. The van der Waals surface area contributed by atoms with Gasteiger partial charge in [0.15, 0.2) is 11.9 Å². The number of piperidine rings is 1. The lowest BCUT2D eigenvalue weighted by Gasteiger charge is -2.47. The summed E-state index contributed by atoms with van der Waals surface area (Å²) in [7, 11) is 0. The number of nitrogens with one attached hydrogen (secondary N) is 1. The molecule has 1 aliphatic heterocycles. The van der Waals surface area contributed by atoms with E-state index >= 15 is 0 Å². The SMILES string of the molecule is C=CCN1C(=O)[C@H](OCc2ccccc2)[C@H](OCc2ccccc2)[C@H](OCc2ccccc2)[C@H]1Cn1[nH]c(=O)nc1-c1ccc(Cl)cc1. The van der Waals surface area contributed by atoms with E-state index in [1.807, 2.05) is 91.0 Å². The number of hydrogen-bond acceptors (Lipinski definition) is 6. The van der Waals surface area contributed by atoms with Gasteiger partial charge in [-0.1, -0.05) is 109 Å². The molecule has 1 saturated heterocycles. The van der Waals surface area contributed by atoms with Gasteiger partial charge in [-0.2, -0.15) is 4.98 Å². The summed E-state index contributed by atoms with van der Waals surface area (Å²) >= 11 is 6.15. The van der Waals surface area contributed by atoms with Crippen LogP contribution < -0.4 is 5.69 Å². The molecule has 5 aromatic rings. The standard InChI is InChI=1S/C38H37ClN4O5/c1-2-22-42-32(23-43-36(40-38(45)41-43)30-18-20-31(39)21-19-30)33(46-24-27-12-6-3-7-13-27)34(47-25-28-14-8-4-9-15-28)35(37(42)44)48-26-29-16-10-5-11-17-29/h2-21,32-35H,1,22-26H2,(H,41,45)/t32-,33-,34-,35-/m1/s1. The molecule has 1 amide bonds. The van der Waals surface area contributed by atoms with Crippen LogP contribution in [-0.4, -0.2) is 56.5 Å². The summed E-state index contributed by atoms with van der Waals surface area (Å²) in [6.07, 6.45) is -0.791. The Labute approximate surface area is 284 Å². The molecule has 0 unspecified atom stereocenters. The Hall–Kier alpha value is -4.80. The third-order valence-corrected chi connectivity index (χ3v) is 8.51. The molecular formula is C38H37ClN4O5. The van der Waals surface area contributed by atoms with Gasteiger partial charge >= 0.3 is 5.69 Å². The van der Waals surface area contributed by atoms with Crippen LogP contribution in [0.3, 0.4) is 0 Å². The van der Waals surface area contributed by atoms with Gasteiger partial charge in [0.25, 0.3) is 5.91 Å². The van der Waals surface area contributed by atoms with Crippen LogP contribution >= 0.6 is 11.6 Å². The second-order valence-corrected chi connectivity index (χ2v) is 12.0. The van der Waals surface area contributed by atoms with Crippen LogP contribution in [0.15, 0.2) is 133 Å². The monoisotopic (exact) mass is 664 g/mol. The molecule has 2 heterocycles. The zero-order valence-corrected chi connectivity index (χ0v) is 27.1. The molecule has 0 spiro atoms. The van der Waals surface area contributed by atoms with E-state index in [1.54, 1.807) is 39.9 Å². The van der Waals surface area contributed by atoms with Crippen molar-refractivity contribution in [3.63, 3.8) is 0 Å². The molecule has 0 bridgehead atoms. The maximum absolute atomic E-state index is 14.5. The molecule has 1 fully saturated rings. The van der Waals surface area contributed by atoms with E-state index in [0.717, 1.165) is 16.7 Å². The Kier molecular flexibility index (Phi) is 10.9. The highest BCUT2D eigenvalue weighted by atomic mass is 35.5. The Bertz CT molecular complexity index is 1830. The van der Waals surface area contributed by atoms with Gasteiger partial charge in [0.2, 0.25) is 0 Å². The van der Waals surface area contributed by atoms with Crippen LogP contribution in [0.25, 0.3) is 11.4 Å². The number of nitrogens with zero attached hydrogens (tertiary/aromatic N) is 3. The van der Waals surface area contributed by atoms with E-state index < -0.39 is 30.0 Å². The normalized spacial score (nSPS) is 19.4. The van der Waals surface area contributed by atoms with E-state index in [0.29, 0.717) is 16.4 Å². The predicted molar refractivity (Wildman–Crippen MR) is 184 cm³/mol. The van der Waals surface area contributed by atoms with Crippen LogP contribution in [0.2, 0.25) is 5.02 Å². The van der Waals surface area contributed by atoms with Crippen molar-refractivity contribution in [3.05, 3.63) is 160 Å². The summed E-state index contributed by atoms with van der Waals surface area (Å²) in [6, 6.07) is 35.8. The summed E-state index contributed by atoms with van der Waals surface area (Å²) in [5.74, 6) is 0.151. The molecule has 1 N–H and O–H groups in total. The van der Waals surface area contributed by atoms with Crippen molar-refractivity contribution in [2.45, 2.75) is 50.7 Å². The summed E-state index contributed by atoms with van der Waals surface area (Å²) in [4.78, 5) is 33.1. The molecule has 10 heteroatoms. The molecule has 0 radical (unpaired) electrons. The minimum atomic E-state index is -0.983. The maximum atomic E-state index is 14.5. The number of carbonyl (C=O) groups excluding carboxylic acids is 1. The third-order valence-electron chi connectivity index (χ3n) is 8.26. The van der Waals surface area contributed by atoms with Gasteiger partial charge < -0.3 is 19.1 Å². The zero-order chi connectivity index (χ0) is 33.3. The predicted octanol–water partition coefficient (Wildman–Crippen LogP) is 6.04. The lowest BCUT2D eigenvalue weighted by Crippen LogP contribution is -2.67.